The van der Waals surface area contributed by atoms with E-state index in [9.17, 15) is 9.59 Å². The quantitative estimate of drug-likeness (QED) is 0.361. The van der Waals surface area contributed by atoms with Crippen LogP contribution in [0, 0.1) is 11.8 Å². The molecule has 0 saturated heterocycles. The molecule has 5 nitrogen and oxygen atoms in total. The third-order valence-corrected chi connectivity index (χ3v) is 5.99. The summed E-state index contributed by atoms with van der Waals surface area (Å²) in [5, 5.41) is 2.90. The highest BCUT2D eigenvalue weighted by molar-refractivity contribution is 6.07. The molecule has 1 atom stereocenters. The molecular formula is C31H35N3O2. The monoisotopic (exact) mass is 481 g/mol. The molecule has 3 rings (SSSR count). The SMILES string of the molecule is CC(=O)C(C(=O)Nc1ccccc1)C(C=Cc1ccc(N(C)C)cc1)C=Cc1ccc(N(C)C)cc1. The van der Waals surface area contributed by atoms with Gasteiger partial charge in [-0.1, -0.05) is 66.8 Å². The predicted molar refractivity (Wildman–Crippen MR) is 152 cm³/mol. The highest BCUT2D eigenvalue weighted by Gasteiger charge is 2.29. The molecule has 0 aromatic heterocycles. The zero-order valence-corrected chi connectivity index (χ0v) is 21.7. The molecule has 0 heterocycles. The lowest BCUT2D eigenvalue weighted by atomic mass is 9.86. The minimum absolute atomic E-state index is 0.186. The Balaban J connectivity index is 1.91. The summed E-state index contributed by atoms with van der Waals surface area (Å²) in [6.45, 7) is 1.47. The number of hydrogen-bond donors (Lipinski definition) is 1. The number of carbonyl (C=O) groups is 2. The van der Waals surface area contributed by atoms with Crippen LogP contribution in [0.4, 0.5) is 17.1 Å². The van der Waals surface area contributed by atoms with Gasteiger partial charge in [0.15, 0.2) is 0 Å². The summed E-state index contributed by atoms with van der Waals surface area (Å²) in [7, 11) is 8.00. The summed E-state index contributed by atoms with van der Waals surface area (Å²) in [6, 6.07) is 25.5. The average molecular weight is 482 g/mol. The number of nitrogens with zero attached hydrogens (tertiary/aromatic N) is 2. The van der Waals surface area contributed by atoms with Crippen molar-refractivity contribution in [2.24, 2.45) is 11.8 Å². The van der Waals surface area contributed by atoms with Crippen LogP contribution >= 0.6 is 0 Å². The summed E-state index contributed by atoms with van der Waals surface area (Å²) in [6.07, 6.45) is 7.81. The summed E-state index contributed by atoms with van der Waals surface area (Å²) in [4.78, 5) is 30.1. The Bertz CT molecular complexity index is 1130. The zero-order chi connectivity index (χ0) is 26.1. The van der Waals surface area contributed by atoms with E-state index in [1.54, 1.807) is 0 Å². The fraction of sp³-hybridized carbons (Fsp3) is 0.226. The molecular weight excluding hydrogens is 446 g/mol. The molecule has 0 fully saturated rings. The number of para-hydroxylation sites is 1. The number of ketones is 1. The van der Waals surface area contributed by atoms with Crippen LogP contribution in [0.5, 0.6) is 0 Å². The number of allylic oxidation sites excluding steroid dienone is 2. The third-order valence-electron chi connectivity index (χ3n) is 5.99. The second-order valence-corrected chi connectivity index (χ2v) is 9.21. The Hall–Kier alpha value is -4.12. The number of rotatable bonds is 10. The molecule has 1 N–H and O–H groups in total. The molecule has 5 heteroatoms. The van der Waals surface area contributed by atoms with E-state index in [1.165, 1.54) is 6.92 Å². The van der Waals surface area contributed by atoms with Crippen LogP contribution in [-0.2, 0) is 9.59 Å². The van der Waals surface area contributed by atoms with Crippen molar-refractivity contribution in [3.05, 3.63) is 102 Å². The molecule has 1 amide bonds. The number of amides is 1. The Morgan fingerprint density at radius 2 is 1.14 bits per heavy atom. The first-order valence-corrected chi connectivity index (χ1v) is 12.0. The predicted octanol–water partition coefficient (Wildman–Crippen LogP) is 6.01. The molecule has 0 aliphatic heterocycles. The molecule has 0 aliphatic carbocycles. The highest BCUT2D eigenvalue weighted by atomic mass is 16.2. The van der Waals surface area contributed by atoms with Crippen molar-refractivity contribution in [3.8, 4) is 0 Å². The molecule has 0 aliphatic rings. The third kappa shape index (κ3) is 7.44. The Labute approximate surface area is 214 Å². The van der Waals surface area contributed by atoms with Gasteiger partial charge in [0, 0.05) is 51.2 Å². The van der Waals surface area contributed by atoms with E-state index in [1.807, 2.05) is 141 Å². The van der Waals surface area contributed by atoms with E-state index in [4.69, 9.17) is 0 Å². The maximum absolute atomic E-state index is 13.2. The van der Waals surface area contributed by atoms with E-state index in [2.05, 4.69) is 5.32 Å². The van der Waals surface area contributed by atoms with Gasteiger partial charge in [0.2, 0.25) is 5.91 Å². The number of carbonyl (C=O) groups excluding carboxylic acids is 2. The fourth-order valence-corrected chi connectivity index (χ4v) is 3.87. The lowest BCUT2D eigenvalue weighted by Gasteiger charge is -2.20. The molecule has 0 bridgehead atoms. The molecule has 3 aromatic rings. The van der Waals surface area contributed by atoms with Crippen molar-refractivity contribution >= 4 is 40.9 Å². The van der Waals surface area contributed by atoms with Gasteiger partial charge in [-0.3, -0.25) is 9.59 Å². The van der Waals surface area contributed by atoms with Crippen molar-refractivity contribution < 1.29 is 9.59 Å². The molecule has 3 aromatic carbocycles. The van der Waals surface area contributed by atoms with Crippen molar-refractivity contribution in [1.29, 1.82) is 0 Å². The standard InChI is InChI=1S/C31H35N3O2/c1-23(35)30(31(36)32-27-9-7-6-8-10-27)26(17-11-24-13-19-28(20-14-24)33(2)3)18-12-25-15-21-29(22-16-25)34(4)5/h6-22,26,30H,1-5H3,(H,32,36). The smallest absolute Gasteiger partial charge is 0.235 e. The van der Waals surface area contributed by atoms with E-state index in [0.717, 1.165) is 22.5 Å². The molecule has 0 radical (unpaired) electrons. The van der Waals surface area contributed by atoms with E-state index < -0.39 is 11.8 Å². The van der Waals surface area contributed by atoms with Crippen LogP contribution in [0.1, 0.15) is 18.1 Å². The first-order valence-electron chi connectivity index (χ1n) is 12.0. The van der Waals surface area contributed by atoms with Gasteiger partial charge in [0.25, 0.3) is 0 Å². The van der Waals surface area contributed by atoms with Gasteiger partial charge >= 0.3 is 0 Å². The molecule has 186 valence electrons. The van der Waals surface area contributed by atoms with Crippen LogP contribution in [0.3, 0.4) is 0 Å². The largest absolute Gasteiger partial charge is 0.378 e. The summed E-state index contributed by atoms with van der Waals surface area (Å²) in [5.41, 5.74) is 4.88. The van der Waals surface area contributed by atoms with Crippen molar-refractivity contribution in [1.82, 2.24) is 0 Å². The Morgan fingerprint density at radius 3 is 1.53 bits per heavy atom. The number of Topliss-reactive ketones (excluding diaryl/α,β-unsaturated/α-hetero) is 1. The number of hydrogen-bond acceptors (Lipinski definition) is 4. The van der Waals surface area contributed by atoms with Gasteiger partial charge in [-0.25, -0.2) is 0 Å². The van der Waals surface area contributed by atoms with Gasteiger partial charge < -0.3 is 15.1 Å². The minimum Gasteiger partial charge on any atom is -0.378 e. The molecule has 1 unspecified atom stereocenters. The average Bonchev–Trinajstić information content (AvgIpc) is 2.86. The van der Waals surface area contributed by atoms with Crippen LogP contribution in [0.25, 0.3) is 12.2 Å². The Kier molecular flexibility index (Phi) is 9.23. The lowest BCUT2D eigenvalue weighted by Crippen LogP contribution is -2.33. The fourth-order valence-electron chi connectivity index (χ4n) is 3.87. The number of nitrogens with one attached hydrogen (secondary N) is 1. The van der Waals surface area contributed by atoms with E-state index >= 15 is 0 Å². The second kappa shape index (κ2) is 12.5. The highest BCUT2D eigenvalue weighted by Crippen LogP contribution is 2.23. The van der Waals surface area contributed by atoms with E-state index in [-0.39, 0.29) is 11.7 Å². The van der Waals surface area contributed by atoms with E-state index in [0.29, 0.717) is 5.69 Å². The van der Waals surface area contributed by atoms with Crippen molar-refractivity contribution in [2.75, 3.05) is 43.3 Å². The first kappa shape index (κ1) is 26.5. The van der Waals surface area contributed by atoms with Crippen LogP contribution in [-0.4, -0.2) is 39.9 Å². The van der Waals surface area contributed by atoms with Crippen molar-refractivity contribution in [3.63, 3.8) is 0 Å². The topological polar surface area (TPSA) is 52.7 Å². The van der Waals surface area contributed by atoms with Gasteiger partial charge in [0.1, 0.15) is 11.7 Å². The normalized spacial score (nSPS) is 12.9. The summed E-state index contributed by atoms with van der Waals surface area (Å²) < 4.78 is 0. The maximum atomic E-state index is 13.2. The summed E-state index contributed by atoms with van der Waals surface area (Å²) >= 11 is 0. The van der Waals surface area contributed by atoms with Crippen LogP contribution in [0.15, 0.2) is 91.0 Å². The maximum Gasteiger partial charge on any atom is 0.235 e. The van der Waals surface area contributed by atoms with Crippen LogP contribution in [0.2, 0.25) is 0 Å². The zero-order valence-electron chi connectivity index (χ0n) is 21.7. The molecule has 0 spiro atoms. The summed E-state index contributed by atoms with van der Waals surface area (Å²) in [5.74, 6) is -1.79. The second-order valence-electron chi connectivity index (χ2n) is 9.21. The van der Waals surface area contributed by atoms with Crippen molar-refractivity contribution in [2.45, 2.75) is 6.92 Å². The van der Waals surface area contributed by atoms with Gasteiger partial charge in [0.05, 0.1) is 0 Å². The van der Waals surface area contributed by atoms with Gasteiger partial charge in [-0.05, 0) is 54.4 Å². The molecule has 36 heavy (non-hydrogen) atoms. The number of benzene rings is 3. The van der Waals surface area contributed by atoms with Crippen LogP contribution < -0.4 is 15.1 Å². The minimum atomic E-state index is -0.861. The first-order chi connectivity index (χ1) is 17.2. The van der Waals surface area contributed by atoms with Gasteiger partial charge in [-0.15, -0.1) is 0 Å². The van der Waals surface area contributed by atoms with Gasteiger partial charge in [-0.2, -0.15) is 0 Å². The lowest BCUT2D eigenvalue weighted by molar-refractivity contribution is -0.130. The number of anilines is 3. The Morgan fingerprint density at radius 1 is 0.694 bits per heavy atom. The molecule has 0 saturated carbocycles.